The van der Waals surface area contributed by atoms with Crippen LogP contribution in [0.15, 0.2) is 36.5 Å². The zero-order valence-electron chi connectivity index (χ0n) is 18.6. The Bertz CT molecular complexity index is 1080. The molecule has 1 atom stereocenters. The van der Waals surface area contributed by atoms with Gasteiger partial charge in [0.2, 0.25) is 17.6 Å². The van der Waals surface area contributed by atoms with Gasteiger partial charge < -0.3 is 20.9 Å². The number of rotatable bonds is 8. The molecule has 174 valence electrons. The second-order valence-electron chi connectivity index (χ2n) is 8.07. The summed E-state index contributed by atoms with van der Waals surface area (Å²) in [5.41, 5.74) is 1.05. The molecule has 2 aromatic rings. The molecule has 10 nitrogen and oxygen atoms in total. The van der Waals surface area contributed by atoms with Gasteiger partial charge in [0, 0.05) is 24.2 Å². The van der Waals surface area contributed by atoms with Crippen molar-refractivity contribution in [2.45, 2.75) is 38.8 Å². The lowest BCUT2D eigenvalue weighted by Crippen LogP contribution is -2.50. The fourth-order valence-corrected chi connectivity index (χ4v) is 3.76. The first-order valence-electron chi connectivity index (χ1n) is 10.8. The normalized spacial score (nSPS) is 15.4. The number of para-hydroxylation sites is 1. The van der Waals surface area contributed by atoms with Crippen molar-refractivity contribution in [3.63, 3.8) is 0 Å². The predicted molar refractivity (Wildman–Crippen MR) is 120 cm³/mol. The standard InChI is InChI=1S/C23H27N5O5/c1-14(2)27-19(29)12-25-23(33)21(31)18-8-5-11-28(18)20(30)13-26-22(32)16-9-10-24-17-7-4-3-6-15(16)17/h3-4,6-7,9-10,14,18H,5,8,11-13H2,1-2H3,(H,25,33)(H,26,32)(H,27,29)/t18-/m0/s1. The number of benzene rings is 1. The van der Waals surface area contributed by atoms with Gasteiger partial charge in [0.15, 0.2) is 0 Å². The molecule has 3 rings (SSSR count). The molecule has 1 aliphatic heterocycles. The molecule has 0 saturated carbocycles. The molecule has 0 unspecified atom stereocenters. The SMILES string of the molecule is CC(C)NC(=O)CNC(=O)C(=O)[C@@H]1CCCN1C(=O)CNC(=O)c1ccnc2ccccc12. The van der Waals surface area contributed by atoms with Gasteiger partial charge in [-0.3, -0.25) is 29.0 Å². The van der Waals surface area contributed by atoms with Crippen LogP contribution in [0.25, 0.3) is 10.9 Å². The summed E-state index contributed by atoms with van der Waals surface area (Å²) in [4.78, 5) is 67.3. The van der Waals surface area contributed by atoms with Crippen molar-refractivity contribution in [3.8, 4) is 0 Å². The topological polar surface area (TPSA) is 138 Å². The van der Waals surface area contributed by atoms with Gasteiger partial charge in [-0.1, -0.05) is 18.2 Å². The van der Waals surface area contributed by atoms with Crippen LogP contribution in [0.2, 0.25) is 0 Å². The molecule has 10 heteroatoms. The molecule has 4 amide bonds. The highest BCUT2D eigenvalue weighted by Gasteiger charge is 2.37. The minimum absolute atomic E-state index is 0.0894. The van der Waals surface area contributed by atoms with Gasteiger partial charge in [0.05, 0.1) is 24.2 Å². The number of carbonyl (C=O) groups excluding carboxylic acids is 5. The van der Waals surface area contributed by atoms with Crippen molar-refractivity contribution in [2.24, 2.45) is 0 Å². The Kier molecular flexibility index (Phi) is 7.70. The summed E-state index contributed by atoms with van der Waals surface area (Å²) in [6, 6.07) is 7.74. The molecule has 1 fully saturated rings. The first-order chi connectivity index (χ1) is 15.8. The fourth-order valence-electron chi connectivity index (χ4n) is 3.76. The van der Waals surface area contributed by atoms with Crippen molar-refractivity contribution in [1.29, 1.82) is 0 Å². The second-order valence-corrected chi connectivity index (χ2v) is 8.07. The molecule has 0 aliphatic carbocycles. The lowest BCUT2D eigenvalue weighted by molar-refractivity contribution is -0.144. The smallest absolute Gasteiger partial charge is 0.290 e. The zero-order valence-corrected chi connectivity index (χ0v) is 18.6. The maximum atomic E-state index is 12.7. The second kappa shape index (κ2) is 10.7. The fraction of sp³-hybridized carbons (Fsp3) is 0.391. The number of nitrogens with zero attached hydrogens (tertiary/aromatic N) is 2. The summed E-state index contributed by atoms with van der Waals surface area (Å²) >= 11 is 0. The van der Waals surface area contributed by atoms with E-state index in [-0.39, 0.29) is 19.1 Å². The van der Waals surface area contributed by atoms with E-state index in [9.17, 15) is 24.0 Å². The molecule has 0 radical (unpaired) electrons. The number of amides is 4. The minimum Gasteiger partial charge on any atom is -0.352 e. The Morgan fingerprint density at radius 2 is 1.82 bits per heavy atom. The van der Waals surface area contributed by atoms with E-state index in [0.717, 1.165) is 0 Å². The molecule has 2 heterocycles. The van der Waals surface area contributed by atoms with Crippen LogP contribution in [-0.2, 0) is 19.2 Å². The van der Waals surface area contributed by atoms with Gasteiger partial charge in [0.25, 0.3) is 11.8 Å². The van der Waals surface area contributed by atoms with Crippen LogP contribution >= 0.6 is 0 Å². The maximum absolute atomic E-state index is 12.7. The van der Waals surface area contributed by atoms with Gasteiger partial charge in [-0.15, -0.1) is 0 Å². The van der Waals surface area contributed by atoms with Crippen molar-refractivity contribution >= 4 is 40.3 Å². The Labute approximate surface area is 191 Å². The Morgan fingerprint density at radius 1 is 1.06 bits per heavy atom. The van der Waals surface area contributed by atoms with Crippen LogP contribution in [0.5, 0.6) is 0 Å². The number of pyridine rings is 1. The number of carbonyl (C=O) groups is 5. The van der Waals surface area contributed by atoms with Crippen LogP contribution in [0.1, 0.15) is 37.0 Å². The highest BCUT2D eigenvalue weighted by atomic mass is 16.2. The molecule has 1 aromatic carbocycles. The zero-order chi connectivity index (χ0) is 24.0. The van der Waals surface area contributed by atoms with Gasteiger partial charge >= 0.3 is 0 Å². The number of hydrogen-bond acceptors (Lipinski definition) is 6. The molecule has 33 heavy (non-hydrogen) atoms. The van der Waals surface area contributed by atoms with E-state index >= 15 is 0 Å². The van der Waals surface area contributed by atoms with Gasteiger partial charge in [0.1, 0.15) is 6.04 Å². The van der Waals surface area contributed by atoms with Crippen molar-refractivity contribution < 1.29 is 24.0 Å². The number of ketones is 1. The van der Waals surface area contributed by atoms with E-state index in [0.29, 0.717) is 35.9 Å². The van der Waals surface area contributed by atoms with Crippen molar-refractivity contribution in [3.05, 3.63) is 42.1 Å². The van der Waals surface area contributed by atoms with Crippen LogP contribution in [0, 0.1) is 0 Å². The first kappa shape index (κ1) is 23.8. The number of likely N-dealkylation sites (tertiary alicyclic amines) is 1. The van der Waals surface area contributed by atoms with E-state index in [1.54, 1.807) is 38.1 Å². The third-order valence-corrected chi connectivity index (χ3v) is 5.25. The number of hydrogen-bond donors (Lipinski definition) is 3. The molecule has 1 aliphatic rings. The minimum atomic E-state index is -0.913. The molecule has 3 N–H and O–H groups in total. The van der Waals surface area contributed by atoms with Crippen LogP contribution in [0.4, 0.5) is 0 Å². The molecular formula is C23H27N5O5. The largest absolute Gasteiger partial charge is 0.352 e. The van der Waals surface area contributed by atoms with E-state index in [2.05, 4.69) is 20.9 Å². The first-order valence-corrected chi connectivity index (χ1v) is 10.8. The number of nitrogens with one attached hydrogen (secondary N) is 3. The van der Waals surface area contributed by atoms with E-state index < -0.39 is 35.5 Å². The molecule has 1 saturated heterocycles. The quantitative estimate of drug-likeness (QED) is 0.487. The van der Waals surface area contributed by atoms with E-state index in [1.165, 1.54) is 11.1 Å². The van der Waals surface area contributed by atoms with Crippen molar-refractivity contribution in [1.82, 2.24) is 25.8 Å². The summed E-state index contributed by atoms with van der Waals surface area (Å²) in [7, 11) is 0. The lowest BCUT2D eigenvalue weighted by atomic mass is 10.1. The van der Waals surface area contributed by atoms with Crippen molar-refractivity contribution in [2.75, 3.05) is 19.6 Å². The summed E-state index contributed by atoms with van der Waals surface area (Å²) < 4.78 is 0. The van der Waals surface area contributed by atoms with E-state index in [4.69, 9.17) is 0 Å². The number of fused-ring (bicyclic) bond motifs is 1. The monoisotopic (exact) mass is 453 g/mol. The summed E-state index contributed by atoms with van der Waals surface area (Å²) in [6.45, 7) is 3.24. The number of Topliss-reactive ketones (excluding diaryl/α,β-unsaturated/α-hetero) is 1. The van der Waals surface area contributed by atoms with Gasteiger partial charge in [-0.05, 0) is 38.8 Å². The third kappa shape index (κ3) is 5.91. The predicted octanol–water partition coefficient (Wildman–Crippen LogP) is 0.166. The average Bonchev–Trinajstić information content (AvgIpc) is 3.29. The number of aromatic nitrogens is 1. The Hall–Kier alpha value is -3.82. The molecular weight excluding hydrogens is 426 g/mol. The van der Waals surface area contributed by atoms with Crippen LogP contribution in [-0.4, -0.2) is 71.0 Å². The lowest BCUT2D eigenvalue weighted by Gasteiger charge is -2.23. The molecule has 0 spiro atoms. The Morgan fingerprint density at radius 3 is 2.58 bits per heavy atom. The third-order valence-electron chi connectivity index (χ3n) is 5.25. The summed E-state index contributed by atoms with van der Waals surface area (Å²) in [5, 5.41) is 8.17. The molecule has 0 bridgehead atoms. The Balaban J connectivity index is 1.57. The van der Waals surface area contributed by atoms with E-state index in [1.807, 2.05) is 6.07 Å². The summed E-state index contributed by atoms with van der Waals surface area (Å²) in [6.07, 6.45) is 2.43. The maximum Gasteiger partial charge on any atom is 0.290 e. The average molecular weight is 453 g/mol. The van der Waals surface area contributed by atoms with Crippen LogP contribution < -0.4 is 16.0 Å². The molecule has 1 aromatic heterocycles. The highest BCUT2D eigenvalue weighted by Crippen LogP contribution is 2.19. The van der Waals surface area contributed by atoms with Crippen LogP contribution in [0.3, 0.4) is 0 Å². The van der Waals surface area contributed by atoms with Gasteiger partial charge in [-0.25, -0.2) is 0 Å². The highest BCUT2D eigenvalue weighted by molar-refractivity contribution is 6.38. The summed E-state index contributed by atoms with van der Waals surface area (Å²) in [5.74, 6) is -2.98. The van der Waals surface area contributed by atoms with Gasteiger partial charge in [-0.2, -0.15) is 0 Å².